The van der Waals surface area contributed by atoms with E-state index in [0.29, 0.717) is 31.3 Å². The number of benzene rings is 1. The zero-order valence-corrected chi connectivity index (χ0v) is 17.3. The van der Waals surface area contributed by atoms with Gasteiger partial charge in [-0.3, -0.25) is 4.79 Å². The van der Waals surface area contributed by atoms with Gasteiger partial charge >= 0.3 is 0 Å². The fraction of sp³-hybridized carbons (Fsp3) is 0.409. The van der Waals surface area contributed by atoms with Gasteiger partial charge in [0, 0.05) is 24.8 Å². The summed E-state index contributed by atoms with van der Waals surface area (Å²) in [4.78, 5) is 23.6. The summed E-state index contributed by atoms with van der Waals surface area (Å²) in [7, 11) is 0. The van der Waals surface area contributed by atoms with Crippen molar-refractivity contribution >= 4 is 17.1 Å². The van der Waals surface area contributed by atoms with E-state index in [1.165, 1.54) is 4.90 Å². The highest BCUT2D eigenvalue weighted by atomic mass is 19.2. The number of aryl methyl sites for hydroxylation is 1. The van der Waals surface area contributed by atoms with Crippen LogP contribution < -0.4 is 0 Å². The molecule has 2 heterocycles. The van der Waals surface area contributed by atoms with Crippen LogP contribution in [0.2, 0.25) is 0 Å². The van der Waals surface area contributed by atoms with Crippen molar-refractivity contribution in [3.8, 4) is 0 Å². The van der Waals surface area contributed by atoms with Crippen LogP contribution in [0.3, 0.4) is 0 Å². The van der Waals surface area contributed by atoms with E-state index in [4.69, 9.17) is 0 Å². The number of nitrogens with zero attached hydrogens (tertiary/aromatic N) is 4. The Balaban J connectivity index is 1.97. The largest absolute Gasteiger partial charge is 0.331 e. The van der Waals surface area contributed by atoms with Gasteiger partial charge in [0.2, 0.25) is 0 Å². The molecule has 0 saturated heterocycles. The Morgan fingerprint density at radius 1 is 1.20 bits per heavy atom. The Morgan fingerprint density at radius 2 is 1.90 bits per heavy atom. The molecule has 0 unspecified atom stereocenters. The van der Waals surface area contributed by atoms with Crippen molar-refractivity contribution in [2.24, 2.45) is 5.92 Å². The van der Waals surface area contributed by atoms with E-state index in [0.717, 1.165) is 29.7 Å². The number of amides is 1. The normalized spacial score (nSPS) is 11.4. The molecular weight excluding hydrogens is 393 g/mol. The molecule has 8 heteroatoms. The summed E-state index contributed by atoms with van der Waals surface area (Å²) in [5, 5.41) is 0. The number of imidazole rings is 1. The summed E-state index contributed by atoms with van der Waals surface area (Å²) in [5.41, 5.74) is 1.21. The molecule has 3 aromatic rings. The van der Waals surface area contributed by atoms with Crippen LogP contribution in [0, 0.1) is 23.4 Å². The average Bonchev–Trinajstić information content (AvgIpc) is 3.05. The third-order valence-electron chi connectivity index (χ3n) is 4.86. The number of hydrogen-bond donors (Lipinski definition) is 0. The predicted molar refractivity (Wildman–Crippen MR) is 108 cm³/mol. The summed E-state index contributed by atoms with van der Waals surface area (Å²) in [5.74, 6) is -3.97. The highest BCUT2D eigenvalue weighted by Gasteiger charge is 2.23. The second-order valence-electron chi connectivity index (χ2n) is 7.69. The van der Waals surface area contributed by atoms with E-state index in [1.54, 1.807) is 12.3 Å². The highest BCUT2D eigenvalue weighted by molar-refractivity contribution is 5.94. The van der Waals surface area contributed by atoms with Crippen LogP contribution >= 0.6 is 0 Å². The Bertz CT molecular complexity index is 1030. The van der Waals surface area contributed by atoms with Crippen LogP contribution in [0.15, 0.2) is 30.5 Å². The van der Waals surface area contributed by atoms with Crippen LogP contribution in [-0.2, 0) is 13.1 Å². The van der Waals surface area contributed by atoms with Gasteiger partial charge in [0.15, 0.2) is 23.1 Å². The smallest absolute Gasteiger partial charge is 0.254 e. The molecule has 2 aromatic heterocycles. The van der Waals surface area contributed by atoms with E-state index in [2.05, 4.69) is 9.97 Å². The van der Waals surface area contributed by atoms with Crippen molar-refractivity contribution in [2.45, 2.75) is 46.7 Å². The van der Waals surface area contributed by atoms with E-state index >= 15 is 0 Å². The second kappa shape index (κ2) is 9.28. The fourth-order valence-corrected chi connectivity index (χ4v) is 3.28. The molecule has 0 atom stereocenters. The van der Waals surface area contributed by atoms with Gasteiger partial charge in [-0.1, -0.05) is 20.8 Å². The number of aromatic nitrogens is 3. The molecular formula is C22H25F3N4O. The van der Waals surface area contributed by atoms with Crippen molar-refractivity contribution in [1.29, 1.82) is 0 Å². The van der Waals surface area contributed by atoms with Crippen LogP contribution in [0.25, 0.3) is 11.2 Å². The van der Waals surface area contributed by atoms with Crippen molar-refractivity contribution in [1.82, 2.24) is 19.4 Å². The van der Waals surface area contributed by atoms with Crippen molar-refractivity contribution in [3.63, 3.8) is 0 Å². The summed E-state index contributed by atoms with van der Waals surface area (Å²) < 4.78 is 42.7. The second-order valence-corrected chi connectivity index (χ2v) is 7.69. The topological polar surface area (TPSA) is 51.0 Å². The zero-order chi connectivity index (χ0) is 21.8. The number of carbonyl (C=O) groups is 1. The van der Waals surface area contributed by atoms with Gasteiger partial charge in [0.25, 0.3) is 5.91 Å². The first kappa shape index (κ1) is 21.8. The lowest BCUT2D eigenvalue weighted by Gasteiger charge is -2.24. The van der Waals surface area contributed by atoms with Gasteiger partial charge in [-0.25, -0.2) is 23.1 Å². The summed E-state index contributed by atoms with van der Waals surface area (Å²) in [6.07, 6.45) is 3.24. The Labute approximate surface area is 173 Å². The lowest BCUT2D eigenvalue weighted by atomic mass is 10.1. The Kier molecular flexibility index (Phi) is 6.74. The summed E-state index contributed by atoms with van der Waals surface area (Å²) >= 11 is 0. The number of carbonyl (C=O) groups excluding carboxylic acids is 1. The monoisotopic (exact) mass is 418 g/mol. The number of fused-ring (bicyclic) bond motifs is 1. The Hall–Kier alpha value is -2.90. The molecule has 0 spiro atoms. The van der Waals surface area contributed by atoms with Gasteiger partial charge in [-0.15, -0.1) is 0 Å². The third kappa shape index (κ3) is 4.63. The van der Waals surface area contributed by atoms with E-state index in [9.17, 15) is 18.0 Å². The number of halogens is 3. The first-order valence-corrected chi connectivity index (χ1v) is 10.1. The molecule has 1 amide bonds. The molecule has 0 fully saturated rings. The van der Waals surface area contributed by atoms with E-state index in [1.807, 2.05) is 31.4 Å². The highest BCUT2D eigenvalue weighted by Crippen LogP contribution is 2.20. The van der Waals surface area contributed by atoms with Gasteiger partial charge in [-0.2, -0.15) is 0 Å². The van der Waals surface area contributed by atoms with Gasteiger partial charge in [0.1, 0.15) is 11.3 Å². The first-order chi connectivity index (χ1) is 14.3. The van der Waals surface area contributed by atoms with Gasteiger partial charge in [0.05, 0.1) is 6.54 Å². The molecule has 160 valence electrons. The SMILES string of the molecule is CCCn1c(CN(CCC(C)C)C(=O)c2cc(F)c(F)c(F)c2)nc2cccnc21. The number of hydrogen-bond acceptors (Lipinski definition) is 3. The predicted octanol–water partition coefficient (Wildman–Crippen LogP) is 4.95. The molecule has 30 heavy (non-hydrogen) atoms. The quantitative estimate of drug-likeness (QED) is 0.487. The number of pyridine rings is 1. The van der Waals surface area contributed by atoms with Crippen LogP contribution in [0.4, 0.5) is 13.2 Å². The average molecular weight is 418 g/mol. The standard InChI is InChI=1S/C22H25F3N4O/c1-4-9-29-19(27-18-6-5-8-26-21(18)29)13-28(10-7-14(2)3)22(30)15-11-16(23)20(25)17(24)12-15/h5-6,8,11-12,14H,4,7,9-10,13H2,1-3H3. The molecule has 0 aliphatic heterocycles. The van der Waals surface area contributed by atoms with Crippen molar-refractivity contribution < 1.29 is 18.0 Å². The molecule has 3 rings (SSSR count). The minimum Gasteiger partial charge on any atom is -0.331 e. The molecule has 5 nitrogen and oxygen atoms in total. The molecule has 0 radical (unpaired) electrons. The third-order valence-corrected chi connectivity index (χ3v) is 4.86. The maximum Gasteiger partial charge on any atom is 0.254 e. The van der Waals surface area contributed by atoms with Crippen LogP contribution in [-0.4, -0.2) is 31.9 Å². The molecule has 1 aromatic carbocycles. The zero-order valence-electron chi connectivity index (χ0n) is 17.3. The molecule has 0 saturated carbocycles. The summed E-state index contributed by atoms with van der Waals surface area (Å²) in [6.45, 7) is 7.29. The molecule has 0 bridgehead atoms. The van der Waals surface area contributed by atoms with Gasteiger partial charge < -0.3 is 9.47 Å². The lowest BCUT2D eigenvalue weighted by molar-refractivity contribution is 0.0728. The maximum atomic E-state index is 13.7. The van der Waals surface area contributed by atoms with E-state index < -0.39 is 23.4 Å². The van der Waals surface area contributed by atoms with Crippen molar-refractivity contribution in [2.75, 3.05) is 6.54 Å². The summed E-state index contributed by atoms with van der Waals surface area (Å²) in [6, 6.07) is 5.11. The minimum atomic E-state index is -1.59. The fourth-order valence-electron chi connectivity index (χ4n) is 3.28. The Morgan fingerprint density at radius 3 is 2.53 bits per heavy atom. The number of rotatable bonds is 8. The molecule has 0 aliphatic rings. The molecule has 0 aliphatic carbocycles. The lowest BCUT2D eigenvalue weighted by Crippen LogP contribution is -2.33. The first-order valence-electron chi connectivity index (χ1n) is 10.1. The van der Waals surface area contributed by atoms with Crippen LogP contribution in [0.5, 0.6) is 0 Å². The maximum absolute atomic E-state index is 13.7. The van der Waals surface area contributed by atoms with Gasteiger partial charge in [-0.05, 0) is 43.0 Å². The van der Waals surface area contributed by atoms with Crippen molar-refractivity contribution in [3.05, 3.63) is 59.3 Å². The minimum absolute atomic E-state index is 0.155. The van der Waals surface area contributed by atoms with E-state index in [-0.39, 0.29) is 12.1 Å². The molecule has 0 N–H and O–H groups in total. The van der Waals surface area contributed by atoms with Crippen LogP contribution in [0.1, 0.15) is 49.8 Å².